The first kappa shape index (κ1) is 29.2. The van der Waals surface area contributed by atoms with Crippen LogP contribution >= 0.6 is 7.75 Å². The molecule has 7 atom stereocenters. The molecule has 1 aromatic carbocycles. The van der Waals surface area contributed by atoms with Gasteiger partial charge in [0.05, 0.1) is 6.61 Å². The van der Waals surface area contributed by atoms with Crippen molar-refractivity contribution in [2.24, 2.45) is 0 Å². The molecule has 1 unspecified atom stereocenters. The summed E-state index contributed by atoms with van der Waals surface area (Å²) < 4.78 is 50.9. The minimum atomic E-state index is -4.47. The van der Waals surface area contributed by atoms with E-state index in [0.29, 0.717) is 0 Å². The summed E-state index contributed by atoms with van der Waals surface area (Å²) in [4.78, 5) is 48.7. The molecule has 1 fully saturated rings. The van der Waals surface area contributed by atoms with Crippen molar-refractivity contribution >= 4 is 19.7 Å². The molecule has 0 amide bonds. The number of aromatic amines is 1. The minimum absolute atomic E-state index is 0.0590. The monoisotopic (exact) mass is 559 g/mol. The second kappa shape index (κ2) is 11.6. The molecule has 2 aromatic rings. The minimum Gasteiger partial charge on any atom is -0.479 e. The molecule has 3 rings (SSSR count). The van der Waals surface area contributed by atoms with Gasteiger partial charge in [0.2, 0.25) is 0 Å². The lowest BCUT2D eigenvalue weighted by molar-refractivity contribution is -0.163. The number of aliphatic hydroxyl groups is 1. The van der Waals surface area contributed by atoms with E-state index in [2.05, 4.69) is 5.09 Å². The topological polar surface area (TPSA) is 195 Å². The number of aromatic nitrogens is 2. The Hall–Kier alpha value is -3.36. The van der Waals surface area contributed by atoms with Crippen LogP contribution in [0.4, 0.5) is 4.39 Å². The number of para-hydroxylation sites is 1. The average molecular weight is 559 g/mol. The second-order valence-corrected chi connectivity index (χ2v) is 10.3. The SMILES string of the molecule is C[C@H](NP(=O)(OC[C@H]1O[C@@H](n2ccc(=O)[nH]c2=O)[C@](C)(F)[C@@H]1O)Oc1ccccc1)C(=O)O[C@@H](C)C(=O)O. The number of nitrogens with zero attached hydrogens (tertiary/aromatic N) is 1. The van der Waals surface area contributed by atoms with E-state index < -0.39 is 73.8 Å². The number of ether oxygens (including phenoxy) is 2. The van der Waals surface area contributed by atoms with Crippen molar-refractivity contribution in [1.82, 2.24) is 14.6 Å². The maximum Gasteiger partial charge on any atom is 0.459 e. The fourth-order valence-corrected chi connectivity index (χ4v) is 4.96. The number of alkyl halides is 1. The summed E-state index contributed by atoms with van der Waals surface area (Å²) in [5.41, 5.74) is -4.25. The second-order valence-electron chi connectivity index (χ2n) is 8.61. The van der Waals surface area contributed by atoms with E-state index in [1.165, 1.54) is 19.1 Å². The average Bonchev–Trinajstić information content (AvgIpc) is 3.06. The van der Waals surface area contributed by atoms with Crippen LogP contribution in [0.15, 0.2) is 52.2 Å². The van der Waals surface area contributed by atoms with Gasteiger partial charge in [-0.05, 0) is 32.9 Å². The number of carboxylic acid groups (broad SMARTS) is 1. The number of hydrogen-bond donors (Lipinski definition) is 4. The van der Waals surface area contributed by atoms with Gasteiger partial charge in [-0.2, -0.15) is 5.09 Å². The molecular weight excluding hydrogens is 532 g/mol. The van der Waals surface area contributed by atoms with Crippen LogP contribution in [0.5, 0.6) is 5.75 Å². The third-order valence-corrected chi connectivity index (χ3v) is 7.19. The normalized spacial score (nSPS) is 26.2. The lowest BCUT2D eigenvalue weighted by Crippen LogP contribution is -2.44. The summed E-state index contributed by atoms with van der Waals surface area (Å²) in [6, 6.07) is 7.24. The van der Waals surface area contributed by atoms with Crippen molar-refractivity contribution < 1.29 is 47.3 Å². The van der Waals surface area contributed by atoms with E-state index in [1.807, 2.05) is 4.98 Å². The van der Waals surface area contributed by atoms with Crippen LogP contribution in [0, 0.1) is 0 Å². The Kier molecular flexibility index (Phi) is 8.90. The highest BCUT2D eigenvalue weighted by atomic mass is 31.2. The van der Waals surface area contributed by atoms with Crippen LogP contribution in [0.25, 0.3) is 0 Å². The number of H-pyrrole nitrogens is 1. The maximum absolute atomic E-state index is 15.4. The van der Waals surface area contributed by atoms with E-state index >= 15 is 4.39 Å². The van der Waals surface area contributed by atoms with Crippen molar-refractivity contribution in [1.29, 1.82) is 0 Å². The van der Waals surface area contributed by atoms with Crippen molar-refractivity contribution in [3.63, 3.8) is 0 Å². The first-order valence-corrected chi connectivity index (χ1v) is 12.8. The lowest BCUT2D eigenvalue weighted by Gasteiger charge is -2.25. The fraction of sp³-hybridized carbons (Fsp3) is 0.455. The van der Waals surface area contributed by atoms with Gasteiger partial charge in [-0.25, -0.2) is 18.5 Å². The van der Waals surface area contributed by atoms with E-state index in [-0.39, 0.29) is 5.75 Å². The van der Waals surface area contributed by atoms with Crippen LogP contribution < -0.4 is 20.9 Å². The highest BCUT2D eigenvalue weighted by Crippen LogP contribution is 2.47. The van der Waals surface area contributed by atoms with Crippen molar-refractivity contribution in [3.8, 4) is 5.75 Å². The summed E-state index contributed by atoms with van der Waals surface area (Å²) in [6.45, 7) is 2.58. The molecule has 1 aromatic heterocycles. The smallest absolute Gasteiger partial charge is 0.459 e. The van der Waals surface area contributed by atoms with E-state index in [4.69, 9.17) is 23.6 Å². The van der Waals surface area contributed by atoms with E-state index in [0.717, 1.165) is 30.7 Å². The number of esters is 1. The third kappa shape index (κ3) is 6.74. The number of benzene rings is 1. The lowest BCUT2D eigenvalue weighted by atomic mass is 9.98. The van der Waals surface area contributed by atoms with Gasteiger partial charge in [0.1, 0.15) is 24.0 Å². The molecule has 208 valence electrons. The van der Waals surface area contributed by atoms with Gasteiger partial charge < -0.3 is 24.2 Å². The molecule has 1 saturated heterocycles. The number of aliphatic hydroxyl groups excluding tert-OH is 1. The predicted molar refractivity (Wildman–Crippen MR) is 127 cm³/mol. The van der Waals surface area contributed by atoms with Crippen LogP contribution in [0.2, 0.25) is 0 Å². The van der Waals surface area contributed by atoms with Crippen molar-refractivity contribution in [3.05, 3.63) is 63.4 Å². The number of carbonyl (C=O) groups is 2. The van der Waals surface area contributed by atoms with Gasteiger partial charge in [0.25, 0.3) is 5.56 Å². The molecule has 0 bridgehead atoms. The molecule has 0 spiro atoms. The molecule has 2 heterocycles. The Balaban J connectivity index is 1.79. The first-order valence-electron chi connectivity index (χ1n) is 11.3. The summed E-state index contributed by atoms with van der Waals surface area (Å²) >= 11 is 0. The Bertz CT molecular complexity index is 1320. The van der Waals surface area contributed by atoms with Gasteiger partial charge in [0.15, 0.2) is 18.0 Å². The van der Waals surface area contributed by atoms with E-state index in [1.54, 1.807) is 18.2 Å². The zero-order chi connectivity index (χ0) is 28.3. The van der Waals surface area contributed by atoms with Crippen LogP contribution in [-0.2, 0) is 28.2 Å². The molecule has 0 saturated carbocycles. The summed E-state index contributed by atoms with van der Waals surface area (Å²) in [7, 11) is -4.47. The molecule has 0 radical (unpaired) electrons. The number of rotatable bonds is 11. The summed E-state index contributed by atoms with van der Waals surface area (Å²) in [5, 5.41) is 21.8. The molecular formula is C22H27FN3O11P. The maximum atomic E-state index is 15.4. The predicted octanol–water partition coefficient (Wildman–Crippen LogP) is 0.721. The zero-order valence-corrected chi connectivity index (χ0v) is 21.4. The zero-order valence-electron chi connectivity index (χ0n) is 20.5. The largest absolute Gasteiger partial charge is 0.479 e. The molecule has 14 nitrogen and oxygen atoms in total. The van der Waals surface area contributed by atoms with Gasteiger partial charge in [-0.15, -0.1) is 0 Å². The van der Waals surface area contributed by atoms with Gasteiger partial charge in [0, 0.05) is 12.3 Å². The standard InChI is InChI=1S/C22H27FN3O11P/c1-12(19(31)35-13(2)18(29)30)25-38(33,37-14-7-5-4-6-8-14)34-11-15-17(28)22(3,23)20(36-15)26-10-9-16(27)24-21(26)32/h4-10,12-13,15,17,20,28H,11H2,1-3H3,(H,25,33)(H,29,30)(H,24,27,32)/t12-,13-,15+,17+,20+,22+,38?/m0/s1. The number of hydrogen-bond acceptors (Lipinski definition) is 10. The molecule has 0 aliphatic carbocycles. The fourth-order valence-electron chi connectivity index (χ4n) is 3.46. The molecule has 4 N–H and O–H groups in total. The highest BCUT2D eigenvalue weighted by Gasteiger charge is 2.56. The van der Waals surface area contributed by atoms with Crippen LogP contribution in [-0.4, -0.2) is 68.3 Å². The number of nitrogens with one attached hydrogen (secondary N) is 2. The number of halogens is 1. The number of carbonyl (C=O) groups excluding carboxylic acids is 1. The molecule has 1 aliphatic heterocycles. The van der Waals surface area contributed by atoms with Gasteiger partial charge >= 0.3 is 25.4 Å². The Morgan fingerprint density at radius 3 is 2.53 bits per heavy atom. The number of aliphatic carboxylic acids is 1. The quantitative estimate of drug-likeness (QED) is 0.223. The summed E-state index contributed by atoms with van der Waals surface area (Å²) in [5.74, 6) is -2.42. The van der Waals surface area contributed by atoms with E-state index in [9.17, 15) is 28.8 Å². The molecule has 16 heteroatoms. The number of carboxylic acids is 1. The van der Waals surface area contributed by atoms with Gasteiger partial charge in [-0.3, -0.25) is 23.7 Å². The molecule has 38 heavy (non-hydrogen) atoms. The van der Waals surface area contributed by atoms with Crippen LogP contribution in [0.1, 0.15) is 27.0 Å². The van der Waals surface area contributed by atoms with Crippen LogP contribution in [0.3, 0.4) is 0 Å². The van der Waals surface area contributed by atoms with Crippen molar-refractivity contribution in [2.75, 3.05) is 6.61 Å². The first-order chi connectivity index (χ1) is 17.7. The summed E-state index contributed by atoms with van der Waals surface area (Å²) in [6.07, 6.45) is -5.52. The molecule has 1 aliphatic rings. The highest BCUT2D eigenvalue weighted by molar-refractivity contribution is 7.52. The Morgan fingerprint density at radius 1 is 1.26 bits per heavy atom. The Morgan fingerprint density at radius 2 is 1.92 bits per heavy atom. The van der Waals surface area contributed by atoms with Crippen molar-refractivity contribution in [2.45, 2.75) is 57.0 Å². The third-order valence-electron chi connectivity index (χ3n) is 5.54. The Labute approximate surface area is 214 Å². The van der Waals surface area contributed by atoms with Gasteiger partial charge in [-0.1, -0.05) is 18.2 Å².